The average Bonchev–Trinajstić information content (AvgIpc) is 2.24. The Labute approximate surface area is 123 Å². The van der Waals surface area contributed by atoms with Gasteiger partial charge in [0.1, 0.15) is 10.7 Å². The van der Waals surface area contributed by atoms with Crippen LogP contribution < -0.4 is 0 Å². The van der Waals surface area contributed by atoms with E-state index in [2.05, 4.69) is 0 Å². The van der Waals surface area contributed by atoms with E-state index in [-0.39, 0.29) is 16.9 Å². The van der Waals surface area contributed by atoms with Crippen LogP contribution in [-0.4, -0.2) is 32.8 Å². The lowest BCUT2D eigenvalue weighted by molar-refractivity contribution is 0.0745. The second-order valence-corrected chi connectivity index (χ2v) is 8.34. The van der Waals surface area contributed by atoms with Gasteiger partial charge in [-0.15, -0.1) is 0 Å². The van der Waals surface area contributed by atoms with Crippen molar-refractivity contribution >= 4 is 25.6 Å². The minimum absolute atomic E-state index is 0.0809. The molecule has 1 rings (SSSR count). The van der Waals surface area contributed by atoms with Crippen molar-refractivity contribution in [1.29, 1.82) is 0 Å². The van der Waals surface area contributed by atoms with Crippen LogP contribution in [0, 0.1) is 11.2 Å². The van der Waals surface area contributed by atoms with Gasteiger partial charge in [-0.1, -0.05) is 20.8 Å². The molecule has 0 aromatic heterocycles. The lowest BCUT2D eigenvalue weighted by Gasteiger charge is -2.26. The van der Waals surface area contributed by atoms with E-state index in [4.69, 9.17) is 10.7 Å². The molecule has 0 atom stereocenters. The molecule has 4 nitrogen and oxygen atoms in total. The second kappa shape index (κ2) is 5.69. The summed E-state index contributed by atoms with van der Waals surface area (Å²) in [7, 11) is 2.51. The van der Waals surface area contributed by atoms with Gasteiger partial charge in [0.15, 0.2) is 0 Å². The van der Waals surface area contributed by atoms with E-state index in [9.17, 15) is 17.6 Å². The first kappa shape index (κ1) is 16.9. The summed E-state index contributed by atoms with van der Waals surface area (Å²) in [6.07, 6.45) is 0. The molecule has 0 bridgehead atoms. The fraction of sp³-hybridized carbons (Fsp3) is 0.462. The molecule has 0 radical (unpaired) electrons. The monoisotopic (exact) mass is 321 g/mol. The molecule has 0 heterocycles. The zero-order chi connectivity index (χ0) is 15.7. The van der Waals surface area contributed by atoms with Crippen LogP contribution in [-0.2, 0) is 9.05 Å². The Balaban J connectivity index is 3.13. The van der Waals surface area contributed by atoms with Crippen molar-refractivity contribution in [2.24, 2.45) is 5.41 Å². The molecule has 0 N–H and O–H groups in total. The van der Waals surface area contributed by atoms with Gasteiger partial charge in [0.05, 0.1) is 0 Å². The molecule has 0 aliphatic heterocycles. The number of hydrogen-bond donors (Lipinski definition) is 0. The topological polar surface area (TPSA) is 54.5 Å². The van der Waals surface area contributed by atoms with Crippen molar-refractivity contribution in [3.63, 3.8) is 0 Å². The van der Waals surface area contributed by atoms with Crippen LogP contribution >= 0.6 is 10.7 Å². The summed E-state index contributed by atoms with van der Waals surface area (Å²) in [5.74, 6) is -1.36. The van der Waals surface area contributed by atoms with E-state index >= 15 is 0 Å². The highest BCUT2D eigenvalue weighted by Crippen LogP contribution is 2.22. The number of amides is 1. The summed E-state index contributed by atoms with van der Waals surface area (Å²) in [6, 6.07) is 3.12. The Hall–Kier alpha value is -1.14. The predicted molar refractivity (Wildman–Crippen MR) is 75.9 cm³/mol. The molecule has 0 spiro atoms. The molecule has 1 aromatic rings. The van der Waals surface area contributed by atoms with Crippen molar-refractivity contribution in [1.82, 2.24) is 4.90 Å². The fourth-order valence-electron chi connectivity index (χ4n) is 1.83. The first-order chi connectivity index (χ1) is 8.92. The van der Waals surface area contributed by atoms with E-state index < -0.39 is 19.8 Å². The summed E-state index contributed by atoms with van der Waals surface area (Å²) < 4.78 is 35.9. The molecule has 0 fully saturated rings. The first-order valence-electron chi connectivity index (χ1n) is 5.91. The molecule has 0 aliphatic carbocycles. The number of benzene rings is 1. The maximum absolute atomic E-state index is 13.4. The van der Waals surface area contributed by atoms with Crippen molar-refractivity contribution < 1.29 is 17.6 Å². The lowest BCUT2D eigenvalue weighted by atomic mass is 9.96. The number of nitrogens with zero attached hydrogens (tertiary/aromatic N) is 1. The molecule has 1 amide bonds. The largest absolute Gasteiger partial charge is 0.341 e. The summed E-state index contributed by atoms with van der Waals surface area (Å²) in [6.45, 7) is 6.38. The molecular weight excluding hydrogens is 305 g/mol. The number of carbonyl (C=O) groups excluding carboxylic acids is 1. The van der Waals surface area contributed by atoms with Crippen LogP contribution in [0.2, 0.25) is 0 Å². The van der Waals surface area contributed by atoms with Crippen molar-refractivity contribution in [3.05, 3.63) is 29.6 Å². The highest BCUT2D eigenvalue weighted by atomic mass is 35.7. The van der Waals surface area contributed by atoms with E-state index in [0.29, 0.717) is 6.54 Å². The van der Waals surface area contributed by atoms with Crippen LogP contribution in [0.1, 0.15) is 31.1 Å². The Bertz CT molecular complexity index is 623. The Morgan fingerprint density at radius 2 is 1.90 bits per heavy atom. The lowest BCUT2D eigenvalue weighted by Crippen LogP contribution is -2.34. The number of hydrogen-bond acceptors (Lipinski definition) is 3. The average molecular weight is 322 g/mol. The van der Waals surface area contributed by atoms with E-state index in [1.807, 2.05) is 20.8 Å². The number of carbonyl (C=O) groups is 1. The molecule has 0 aliphatic rings. The molecule has 1 aromatic carbocycles. The highest BCUT2D eigenvalue weighted by Gasteiger charge is 2.22. The quantitative estimate of drug-likeness (QED) is 0.804. The zero-order valence-corrected chi connectivity index (χ0v) is 13.3. The number of rotatable bonds is 3. The summed E-state index contributed by atoms with van der Waals surface area (Å²) >= 11 is 0. The van der Waals surface area contributed by atoms with Crippen molar-refractivity contribution in [3.8, 4) is 0 Å². The summed E-state index contributed by atoms with van der Waals surface area (Å²) in [4.78, 5) is 12.9. The van der Waals surface area contributed by atoms with E-state index in [0.717, 1.165) is 12.1 Å². The van der Waals surface area contributed by atoms with Crippen LogP contribution in [0.4, 0.5) is 4.39 Å². The molecule has 0 saturated heterocycles. The predicted octanol–water partition coefficient (Wildman–Crippen LogP) is 2.87. The third-order valence-corrected chi connectivity index (χ3v) is 3.84. The molecule has 0 saturated carbocycles. The van der Waals surface area contributed by atoms with Gasteiger partial charge in [0.2, 0.25) is 0 Å². The molecule has 112 valence electrons. The molecular formula is C13H17ClFNO3S. The fourth-order valence-corrected chi connectivity index (χ4v) is 2.75. The normalized spacial score (nSPS) is 12.3. The Kier molecular flexibility index (Phi) is 4.82. The minimum Gasteiger partial charge on any atom is -0.341 e. The number of halogens is 2. The molecule has 20 heavy (non-hydrogen) atoms. The van der Waals surface area contributed by atoms with Gasteiger partial charge in [-0.05, 0) is 23.6 Å². The summed E-state index contributed by atoms with van der Waals surface area (Å²) in [5, 5.41) is 0. The van der Waals surface area contributed by atoms with Crippen LogP contribution in [0.3, 0.4) is 0 Å². The third-order valence-electron chi connectivity index (χ3n) is 2.50. The molecule has 7 heteroatoms. The van der Waals surface area contributed by atoms with Gasteiger partial charge in [-0.2, -0.15) is 0 Å². The minimum atomic E-state index is -4.22. The maximum Gasteiger partial charge on any atom is 0.264 e. The van der Waals surface area contributed by atoms with Gasteiger partial charge in [0, 0.05) is 29.8 Å². The van der Waals surface area contributed by atoms with Gasteiger partial charge in [-0.3, -0.25) is 4.79 Å². The van der Waals surface area contributed by atoms with E-state index in [1.165, 1.54) is 11.0 Å². The first-order valence-corrected chi connectivity index (χ1v) is 8.22. The summed E-state index contributed by atoms with van der Waals surface area (Å²) in [5.41, 5.74) is -0.0244. The smallest absolute Gasteiger partial charge is 0.264 e. The van der Waals surface area contributed by atoms with Crippen molar-refractivity contribution in [2.45, 2.75) is 25.7 Å². The SMILES string of the molecule is CN(CC(C)(C)C)C(=O)c1ccc(F)c(S(=O)(=O)Cl)c1. The van der Waals surface area contributed by atoms with Gasteiger partial charge in [-0.25, -0.2) is 12.8 Å². The maximum atomic E-state index is 13.4. The molecule has 0 unspecified atom stereocenters. The zero-order valence-electron chi connectivity index (χ0n) is 11.8. The van der Waals surface area contributed by atoms with Crippen LogP contribution in [0.5, 0.6) is 0 Å². The van der Waals surface area contributed by atoms with Gasteiger partial charge < -0.3 is 4.90 Å². The van der Waals surface area contributed by atoms with E-state index in [1.54, 1.807) is 7.05 Å². The van der Waals surface area contributed by atoms with Crippen LogP contribution in [0.15, 0.2) is 23.1 Å². The van der Waals surface area contributed by atoms with Crippen molar-refractivity contribution in [2.75, 3.05) is 13.6 Å². The second-order valence-electron chi connectivity index (χ2n) is 5.80. The standard InChI is InChI=1S/C13H17ClFNO3S/c1-13(2,3)8-16(4)12(17)9-5-6-10(15)11(7-9)20(14,18)19/h5-7H,8H2,1-4H3. The highest BCUT2D eigenvalue weighted by molar-refractivity contribution is 8.13. The Morgan fingerprint density at radius 3 is 2.35 bits per heavy atom. The van der Waals surface area contributed by atoms with Gasteiger partial charge in [0.25, 0.3) is 15.0 Å². The van der Waals surface area contributed by atoms with Gasteiger partial charge >= 0.3 is 0 Å². The van der Waals surface area contributed by atoms with Crippen LogP contribution in [0.25, 0.3) is 0 Å². The Morgan fingerprint density at radius 1 is 1.35 bits per heavy atom. The third kappa shape index (κ3) is 4.45.